The lowest BCUT2D eigenvalue weighted by atomic mass is 9.93. The van der Waals surface area contributed by atoms with Crippen LogP contribution in [0.5, 0.6) is 0 Å². The van der Waals surface area contributed by atoms with Crippen molar-refractivity contribution < 1.29 is 4.79 Å². The van der Waals surface area contributed by atoms with E-state index in [1.807, 2.05) is 19.1 Å². The molecule has 47 heavy (non-hydrogen) atoms. The standard InChI is InChI=1S/C17H14.C11H16N2O.C5H11N.C5H12.C3H8.C2H4/c1-13-14-9-5-11-16(13)17(12-6-10-14)15-7-3-2-4-8-15;1-9-5-7-13-11(8-9)12-6-3-4-10(2)14;1-3-5-6-4-2;1-4-5(2)3;1-3-2;1-2/h2-12H,1H3;5,7-8H,3-4,6H2,1-2H3,(H,12,13);4,6H,2-3,5H2,1H3;5H,4H2,1-3H3;3H2,1-2H3;1-2H2. The fraction of sp³-hybridized carbons (Fsp3) is 0.395. The smallest absolute Gasteiger partial charge is 0.129 e. The Morgan fingerprint density at radius 3 is 2.09 bits per heavy atom. The zero-order chi connectivity index (χ0) is 35.9. The summed E-state index contributed by atoms with van der Waals surface area (Å²) in [6.45, 7) is 30.2. The van der Waals surface area contributed by atoms with Crippen molar-refractivity contribution in [3.8, 4) is 0 Å². The average molecular weight is 640 g/mol. The molecule has 1 heterocycles. The highest BCUT2D eigenvalue weighted by atomic mass is 16.1. The number of aryl methyl sites for hydroxylation is 1. The molecule has 0 aliphatic heterocycles. The van der Waals surface area contributed by atoms with E-state index in [9.17, 15) is 4.79 Å². The predicted molar refractivity (Wildman–Crippen MR) is 212 cm³/mol. The molecule has 2 N–H and O–H groups in total. The van der Waals surface area contributed by atoms with Crippen molar-refractivity contribution in [2.75, 3.05) is 18.4 Å². The summed E-state index contributed by atoms with van der Waals surface area (Å²) < 4.78 is 0. The highest BCUT2D eigenvalue weighted by Crippen LogP contribution is 2.30. The van der Waals surface area contributed by atoms with Crippen molar-refractivity contribution in [1.82, 2.24) is 10.3 Å². The van der Waals surface area contributed by atoms with Gasteiger partial charge in [-0.2, -0.15) is 0 Å². The number of rotatable bonds is 10. The van der Waals surface area contributed by atoms with E-state index in [-0.39, 0.29) is 5.78 Å². The maximum atomic E-state index is 10.7. The Bertz CT molecular complexity index is 1280. The quantitative estimate of drug-likeness (QED) is 0.171. The Hall–Kier alpha value is -4.18. The molecular formula is C43H65N3O. The van der Waals surface area contributed by atoms with Gasteiger partial charge in [-0.1, -0.05) is 128 Å². The monoisotopic (exact) mass is 640 g/mol. The van der Waals surface area contributed by atoms with Crippen LogP contribution < -0.4 is 10.6 Å². The number of anilines is 1. The second kappa shape index (κ2) is 30.5. The normalized spacial score (nSPS) is 10.1. The van der Waals surface area contributed by atoms with Crippen LogP contribution in [0.2, 0.25) is 0 Å². The molecule has 258 valence electrons. The van der Waals surface area contributed by atoms with Crippen molar-refractivity contribution in [3.05, 3.63) is 133 Å². The number of fused-ring (bicyclic) bond motifs is 2. The van der Waals surface area contributed by atoms with Gasteiger partial charge in [0, 0.05) is 25.7 Å². The third-order valence-corrected chi connectivity index (χ3v) is 6.57. The zero-order valence-electron chi connectivity index (χ0n) is 31.2. The second-order valence-electron chi connectivity index (χ2n) is 11.4. The third kappa shape index (κ3) is 22.9. The number of benzene rings is 2. The number of ketones is 1. The summed E-state index contributed by atoms with van der Waals surface area (Å²) in [5, 5.41) is 6.14. The predicted octanol–water partition coefficient (Wildman–Crippen LogP) is 12.0. The van der Waals surface area contributed by atoms with Crippen molar-refractivity contribution in [2.24, 2.45) is 5.92 Å². The van der Waals surface area contributed by atoms with Gasteiger partial charge in [-0.15, -0.1) is 13.2 Å². The number of carbonyl (C=O) groups is 1. The molecule has 1 aromatic heterocycles. The highest BCUT2D eigenvalue weighted by Gasteiger charge is 2.10. The minimum absolute atomic E-state index is 0.240. The summed E-state index contributed by atoms with van der Waals surface area (Å²) in [6, 6.07) is 21.0. The number of carbonyl (C=O) groups excluding carboxylic acids is 1. The topological polar surface area (TPSA) is 54.0 Å². The lowest BCUT2D eigenvalue weighted by molar-refractivity contribution is -0.117. The first-order chi connectivity index (χ1) is 22.6. The van der Waals surface area contributed by atoms with Crippen LogP contribution in [0.3, 0.4) is 0 Å². The minimum atomic E-state index is 0.240. The third-order valence-electron chi connectivity index (χ3n) is 6.57. The molecule has 0 spiro atoms. The largest absolute Gasteiger partial charge is 0.391 e. The van der Waals surface area contributed by atoms with Crippen LogP contribution in [0.1, 0.15) is 108 Å². The molecular weight excluding hydrogens is 574 g/mol. The number of allylic oxidation sites excluding steroid dienone is 2. The zero-order valence-corrected chi connectivity index (χ0v) is 31.2. The molecule has 0 saturated carbocycles. The summed E-state index contributed by atoms with van der Waals surface area (Å²) >= 11 is 0. The van der Waals surface area contributed by atoms with E-state index >= 15 is 0 Å². The first-order valence-corrected chi connectivity index (χ1v) is 17.2. The van der Waals surface area contributed by atoms with Crippen molar-refractivity contribution in [1.29, 1.82) is 0 Å². The molecule has 0 radical (unpaired) electrons. The molecule has 0 amide bonds. The van der Waals surface area contributed by atoms with Crippen LogP contribution in [-0.4, -0.2) is 23.9 Å². The van der Waals surface area contributed by atoms with Crippen LogP contribution in [-0.2, 0) is 4.79 Å². The van der Waals surface area contributed by atoms with E-state index < -0.39 is 0 Å². The number of hydrogen-bond donors (Lipinski definition) is 2. The molecule has 4 rings (SSSR count). The summed E-state index contributed by atoms with van der Waals surface area (Å²) in [6.07, 6.45) is 15.2. The van der Waals surface area contributed by atoms with E-state index in [0.717, 1.165) is 31.2 Å². The molecule has 1 aliphatic rings. The lowest BCUT2D eigenvalue weighted by Crippen LogP contribution is -2.04. The van der Waals surface area contributed by atoms with Crippen molar-refractivity contribution >= 4 is 23.3 Å². The second-order valence-corrected chi connectivity index (χ2v) is 11.4. The lowest BCUT2D eigenvalue weighted by Gasteiger charge is -2.11. The van der Waals surface area contributed by atoms with Gasteiger partial charge in [-0.05, 0) is 91.3 Å². The van der Waals surface area contributed by atoms with Crippen LogP contribution in [0.15, 0.2) is 105 Å². The van der Waals surface area contributed by atoms with Crippen molar-refractivity contribution in [2.45, 2.75) is 94.4 Å². The molecule has 4 nitrogen and oxygen atoms in total. The maximum absolute atomic E-state index is 10.7. The van der Waals surface area contributed by atoms with Gasteiger partial charge in [0.2, 0.25) is 0 Å². The fourth-order valence-electron chi connectivity index (χ4n) is 3.77. The van der Waals surface area contributed by atoms with Gasteiger partial charge < -0.3 is 15.4 Å². The Labute approximate surface area is 289 Å². The van der Waals surface area contributed by atoms with Gasteiger partial charge in [-0.25, -0.2) is 4.98 Å². The Balaban J connectivity index is 0. The number of pyridine rings is 1. The van der Waals surface area contributed by atoms with E-state index in [2.05, 4.69) is 151 Å². The molecule has 3 aromatic rings. The van der Waals surface area contributed by atoms with Crippen molar-refractivity contribution in [3.63, 3.8) is 0 Å². The number of aromatic nitrogens is 1. The average Bonchev–Trinajstić information content (AvgIpc) is 3.14. The molecule has 0 fully saturated rings. The Morgan fingerprint density at radius 1 is 0.936 bits per heavy atom. The molecule has 0 atom stereocenters. The molecule has 2 bridgehead atoms. The molecule has 1 aliphatic carbocycles. The maximum Gasteiger partial charge on any atom is 0.129 e. The summed E-state index contributed by atoms with van der Waals surface area (Å²) in [4.78, 5) is 14.8. The van der Waals surface area contributed by atoms with Gasteiger partial charge in [0.05, 0.1) is 0 Å². The van der Waals surface area contributed by atoms with E-state index in [1.54, 1.807) is 19.3 Å². The van der Waals surface area contributed by atoms with E-state index in [4.69, 9.17) is 0 Å². The fourth-order valence-corrected chi connectivity index (χ4v) is 3.77. The molecule has 0 unspecified atom stereocenters. The summed E-state index contributed by atoms with van der Waals surface area (Å²) in [5.41, 5.74) is 7.77. The number of nitrogens with one attached hydrogen (secondary N) is 2. The Morgan fingerprint density at radius 2 is 1.57 bits per heavy atom. The number of hydrogen-bond acceptors (Lipinski definition) is 4. The van der Waals surface area contributed by atoms with Crippen LogP contribution in [0.25, 0.3) is 11.6 Å². The molecule has 0 saturated heterocycles. The molecule has 2 aromatic carbocycles. The number of Topliss-reactive ketones (excluding diaryl/α,β-unsaturated/α-hetero) is 1. The SMILES string of the molecule is C=C.C=CNCCC.CC(=O)CCCNc1cc(C)ccn1.CCC.CCC(C)C.Cc1c2cccc1C(c1ccccc1)=CC=C2. The first kappa shape index (κ1) is 44.9. The van der Waals surface area contributed by atoms with Crippen LogP contribution in [0, 0.1) is 19.8 Å². The van der Waals surface area contributed by atoms with Gasteiger partial charge in [0.25, 0.3) is 0 Å². The van der Waals surface area contributed by atoms with E-state index in [0.29, 0.717) is 6.42 Å². The Kier molecular flexibility index (Phi) is 29.1. The molecule has 4 heteroatoms. The van der Waals surface area contributed by atoms with E-state index in [1.165, 1.54) is 52.7 Å². The first-order valence-electron chi connectivity index (χ1n) is 17.2. The number of nitrogens with zero attached hydrogens (tertiary/aromatic N) is 1. The summed E-state index contributed by atoms with van der Waals surface area (Å²) in [5.74, 6) is 2.01. The van der Waals surface area contributed by atoms with Crippen LogP contribution in [0.4, 0.5) is 5.82 Å². The van der Waals surface area contributed by atoms with Gasteiger partial charge in [0.15, 0.2) is 0 Å². The summed E-state index contributed by atoms with van der Waals surface area (Å²) in [7, 11) is 0. The van der Waals surface area contributed by atoms with Crippen LogP contribution >= 0.6 is 0 Å². The van der Waals surface area contributed by atoms with Gasteiger partial charge >= 0.3 is 0 Å². The van der Waals surface area contributed by atoms with Gasteiger partial charge in [-0.3, -0.25) is 0 Å². The highest BCUT2D eigenvalue weighted by molar-refractivity contribution is 5.86. The van der Waals surface area contributed by atoms with Gasteiger partial charge in [0.1, 0.15) is 11.6 Å². The minimum Gasteiger partial charge on any atom is -0.391 e.